The molecule has 0 aliphatic heterocycles. The second-order valence-corrected chi connectivity index (χ2v) is 5.70. The SMILES string of the molecule is CC(=O)Nc1ccsc1CNc1cccc2ccncc12. The first kappa shape index (κ1) is 13.6. The molecular formula is C16H15N3OS. The molecule has 0 fully saturated rings. The van der Waals surface area contributed by atoms with Crippen LogP contribution in [0.25, 0.3) is 10.8 Å². The standard InChI is InChI=1S/C16H15N3OS/c1-11(20)19-15-6-8-21-16(15)10-18-14-4-2-3-12-5-7-17-9-13(12)14/h2-9,18H,10H2,1H3,(H,19,20). The summed E-state index contributed by atoms with van der Waals surface area (Å²) in [6.45, 7) is 2.19. The molecule has 0 aliphatic rings. The summed E-state index contributed by atoms with van der Waals surface area (Å²) in [5.74, 6) is -0.0518. The van der Waals surface area contributed by atoms with Gasteiger partial charge in [0, 0.05) is 35.3 Å². The van der Waals surface area contributed by atoms with Gasteiger partial charge in [-0.2, -0.15) is 0 Å². The number of pyridine rings is 1. The van der Waals surface area contributed by atoms with Gasteiger partial charge in [-0.25, -0.2) is 0 Å². The molecule has 0 atom stereocenters. The lowest BCUT2D eigenvalue weighted by molar-refractivity contribution is -0.114. The van der Waals surface area contributed by atoms with E-state index >= 15 is 0 Å². The molecule has 106 valence electrons. The number of nitrogens with zero attached hydrogens (tertiary/aromatic N) is 1. The van der Waals surface area contributed by atoms with Crippen LogP contribution >= 0.6 is 11.3 Å². The van der Waals surface area contributed by atoms with Crippen LogP contribution in [0.3, 0.4) is 0 Å². The van der Waals surface area contributed by atoms with Gasteiger partial charge in [0.1, 0.15) is 0 Å². The topological polar surface area (TPSA) is 54.0 Å². The number of carbonyl (C=O) groups is 1. The van der Waals surface area contributed by atoms with Crippen molar-refractivity contribution in [2.75, 3.05) is 10.6 Å². The van der Waals surface area contributed by atoms with Gasteiger partial charge < -0.3 is 10.6 Å². The fourth-order valence-corrected chi connectivity index (χ4v) is 2.99. The summed E-state index contributed by atoms with van der Waals surface area (Å²) in [6.07, 6.45) is 3.65. The number of nitrogens with one attached hydrogen (secondary N) is 2. The van der Waals surface area contributed by atoms with Gasteiger partial charge in [-0.05, 0) is 29.0 Å². The number of amides is 1. The lowest BCUT2D eigenvalue weighted by Crippen LogP contribution is -2.08. The Hall–Kier alpha value is -2.40. The molecule has 3 aromatic rings. The number of rotatable bonds is 4. The Balaban J connectivity index is 1.81. The summed E-state index contributed by atoms with van der Waals surface area (Å²) < 4.78 is 0. The van der Waals surface area contributed by atoms with Crippen molar-refractivity contribution in [3.8, 4) is 0 Å². The maximum atomic E-state index is 11.2. The first-order valence-corrected chi connectivity index (χ1v) is 7.52. The predicted octanol–water partition coefficient (Wildman–Crippen LogP) is 3.87. The Kier molecular flexibility index (Phi) is 3.83. The van der Waals surface area contributed by atoms with Crippen LogP contribution in [0, 0.1) is 0 Å². The molecule has 21 heavy (non-hydrogen) atoms. The van der Waals surface area contributed by atoms with E-state index in [1.54, 1.807) is 17.5 Å². The molecule has 4 nitrogen and oxygen atoms in total. The van der Waals surface area contributed by atoms with Gasteiger partial charge in [0.2, 0.25) is 5.91 Å². The number of aromatic nitrogens is 1. The van der Waals surface area contributed by atoms with Gasteiger partial charge in [-0.15, -0.1) is 11.3 Å². The van der Waals surface area contributed by atoms with E-state index in [1.165, 1.54) is 6.92 Å². The van der Waals surface area contributed by atoms with Crippen LogP contribution in [0.2, 0.25) is 0 Å². The maximum absolute atomic E-state index is 11.2. The number of fused-ring (bicyclic) bond motifs is 1. The molecule has 3 rings (SSSR count). The Morgan fingerprint density at radius 1 is 1.24 bits per heavy atom. The predicted molar refractivity (Wildman–Crippen MR) is 87.7 cm³/mol. The highest BCUT2D eigenvalue weighted by Gasteiger charge is 2.06. The summed E-state index contributed by atoms with van der Waals surface area (Å²) in [6, 6.07) is 10.0. The fraction of sp³-hybridized carbons (Fsp3) is 0.125. The smallest absolute Gasteiger partial charge is 0.221 e. The van der Waals surface area contributed by atoms with E-state index in [2.05, 4.69) is 21.7 Å². The van der Waals surface area contributed by atoms with Gasteiger partial charge in [0.15, 0.2) is 0 Å². The Bertz CT molecular complexity index is 777. The molecule has 0 bridgehead atoms. The van der Waals surface area contributed by atoms with Crippen molar-refractivity contribution < 1.29 is 4.79 Å². The molecular weight excluding hydrogens is 282 g/mol. The lowest BCUT2D eigenvalue weighted by atomic mass is 10.1. The van der Waals surface area contributed by atoms with Gasteiger partial charge in [0.25, 0.3) is 0 Å². The number of thiophene rings is 1. The van der Waals surface area contributed by atoms with Crippen LogP contribution < -0.4 is 10.6 Å². The van der Waals surface area contributed by atoms with E-state index in [9.17, 15) is 4.79 Å². The Morgan fingerprint density at radius 2 is 2.14 bits per heavy atom. The quantitative estimate of drug-likeness (QED) is 0.768. The van der Waals surface area contributed by atoms with Crippen LogP contribution in [0.1, 0.15) is 11.8 Å². The second-order valence-electron chi connectivity index (χ2n) is 4.69. The second kappa shape index (κ2) is 5.93. The maximum Gasteiger partial charge on any atom is 0.221 e. The zero-order valence-corrected chi connectivity index (χ0v) is 12.4. The third-order valence-electron chi connectivity index (χ3n) is 3.18. The molecule has 2 N–H and O–H groups in total. The number of hydrogen-bond acceptors (Lipinski definition) is 4. The molecule has 0 aliphatic carbocycles. The molecule has 1 aromatic carbocycles. The van der Waals surface area contributed by atoms with Gasteiger partial charge in [-0.1, -0.05) is 12.1 Å². The third kappa shape index (κ3) is 3.03. The Labute approximate surface area is 126 Å². The molecule has 2 heterocycles. The van der Waals surface area contributed by atoms with Crippen LogP contribution in [-0.2, 0) is 11.3 Å². The fourth-order valence-electron chi connectivity index (χ4n) is 2.22. The summed E-state index contributed by atoms with van der Waals surface area (Å²) in [4.78, 5) is 16.5. The number of benzene rings is 1. The van der Waals surface area contributed by atoms with E-state index in [0.29, 0.717) is 6.54 Å². The highest BCUT2D eigenvalue weighted by Crippen LogP contribution is 2.26. The number of anilines is 2. The van der Waals surface area contributed by atoms with Crippen LogP contribution in [0.4, 0.5) is 11.4 Å². The highest BCUT2D eigenvalue weighted by atomic mass is 32.1. The van der Waals surface area contributed by atoms with Crippen molar-refractivity contribution in [2.45, 2.75) is 13.5 Å². The van der Waals surface area contributed by atoms with Crippen molar-refractivity contribution in [1.82, 2.24) is 4.98 Å². The summed E-state index contributed by atoms with van der Waals surface area (Å²) in [5.41, 5.74) is 1.92. The molecule has 0 radical (unpaired) electrons. The highest BCUT2D eigenvalue weighted by molar-refractivity contribution is 7.10. The normalized spacial score (nSPS) is 10.5. The average molecular weight is 297 g/mol. The molecule has 1 amide bonds. The molecule has 2 aromatic heterocycles. The van der Waals surface area contributed by atoms with Gasteiger partial charge >= 0.3 is 0 Å². The molecule has 0 saturated heterocycles. The molecule has 0 unspecified atom stereocenters. The third-order valence-corrected chi connectivity index (χ3v) is 4.10. The largest absolute Gasteiger partial charge is 0.380 e. The van der Waals surface area contributed by atoms with Crippen molar-refractivity contribution >= 4 is 39.4 Å². The summed E-state index contributed by atoms with van der Waals surface area (Å²) in [5, 5.41) is 10.5. The van der Waals surface area contributed by atoms with E-state index in [-0.39, 0.29) is 5.91 Å². The van der Waals surface area contributed by atoms with Crippen LogP contribution in [-0.4, -0.2) is 10.9 Å². The van der Waals surface area contributed by atoms with Crippen molar-refractivity contribution in [3.05, 3.63) is 53.0 Å². The molecule has 5 heteroatoms. The minimum atomic E-state index is -0.0518. The van der Waals surface area contributed by atoms with Crippen molar-refractivity contribution in [1.29, 1.82) is 0 Å². The zero-order valence-electron chi connectivity index (χ0n) is 11.6. The van der Waals surface area contributed by atoms with Crippen molar-refractivity contribution in [2.24, 2.45) is 0 Å². The van der Waals surface area contributed by atoms with Crippen LogP contribution in [0.15, 0.2) is 48.1 Å². The summed E-state index contributed by atoms with van der Waals surface area (Å²) >= 11 is 1.62. The first-order valence-electron chi connectivity index (χ1n) is 6.64. The lowest BCUT2D eigenvalue weighted by Gasteiger charge is -2.10. The van der Waals surface area contributed by atoms with Gasteiger partial charge in [0.05, 0.1) is 12.2 Å². The van der Waals surface area contributed by atoms with E-state index < -0.39 is 0 Å². The average Bonchev–Trinajstić information content (AvgIpc) is 2.91. The number of hydrogen-bond donors (Lipinski definition) is 2. The van der Waals surface area contributed by atoms with Gasteiger partial charge in [-0.3, -0.25) is 9.78 Å². The minimum absolute atomic E-state index is 0.0518. The summed E-state index contributed by atoms with van der Waals surface area (Å²) in [7, 11) is 0. The van der Waals surface area contributed by atoms with Crippen molar-refractivity contribution in [3.63, 3.8) is 0 Å². The number of carbonyl (C=O) groups excluding carboxylic acids is 1. The minimum Gasteiger partial charge on any atom is -0.380 e. The molecule has 0 spiro atoms. The molecule has 0 saturated carbocycles. The van der Waals surface area contributed by atoms with Crippen LogP contribution in [0.5, 0.6) is 0 Å². The van der Waals surface area contributed by atoms with E-state index in [4.69, 9.17) is 0 Å². The van der Waals surface area contributed by atoms with E-state index in [0.717, 1.165) is 27.0 Å². The first-order chi connectivity index (χ1) is 10.2. The Morgan fingerprint density at radius 3 is 3.00 bits per heavy atom. The van der Waals surface area contributed by atoms with E-state index in [1.807, 2.05) is 35.8 Å². The monoisotopic (exact) mass is 297 g/mol. The zero-order chi connectivity index (χ0) is 14.7.